The van der Waals surface area contributed by atoms with E-state index in [1.54, 1.807) is 6.92 Å². The Balaban J connectivity index is 1.20. The number of cyclic esters (lactones) is 1. The zero-order chi connectivity index (χ0) is 31.4. The van der Waals surface area contributed by atoms with Gasteiger partial charge in [-0.15, -0.1) is 0 Å². The molecule has 0 radical (unpaired) electrons. The summed E-state index contributed by atoms with van der Waals surface area (Å²) in [6.07, 6.45) is -2.86. The van der Waals surface area contributed by atoms with E-state index in [1.807, 2.05) is 13.8 Å². The van der Waals surface area contributed by atoms with Gasteiger partial charge in [-0.25, -0.2) is 0 Å². The lowest BCUT2D eigenvalue weighted by Crippen LogP contribution is -2.76. The molecule has 7 fully saturated rings. The third-order valence-electron chi connectivity index (χ3n) is 13.4. The van der Waals surface area contributed by atoms with E-state index in [-0.39, 0.29) is 49.3 Å². The minimum absolute atomic E-state index is 0.0268. The second-order valence-corrected chi connectivity index (χ2v) is 15.6. The number of aliphatic hydroxyl groups excluding tert-OH is 4. The molecular weight excluding hydrogens is 577 g/mol. The number of hydrogen-bond donors (Lipinski definition) is 6. The van der Waals surface area contributed by atoms with Gasteiger partial charge in [0.15, 0.2) is 12.1 Å². The van der Waals surface area contributed by atoms with E-state index in [0.717, 1.165) is 0 Å². The monoisotopic (exact) mass is 627 g/mol. The van der Waals surface area contributed by atoms with E-state index in [4.69, 9.17) is 23.7 Å². The Bertz CT molecular complexity index is 1130. The Morgan fingerprint density at radius 1 is 0.955 bits per heavy atom. The molecule has 0 aromatic heterocycles. The second kappa shape index (κ2) is 10.5. The lowest BCUT2D eigenvalue weighted by atomic mass is 9.40. The summed E-state index contributed by atoms with van der Waals surface area (Å²) in [5.41, 5.74) is -4.04. The molecule has 0 amide bonds. The first-order valence-corrected chi connectivity index (χ1v) is 16.6. The molecule has 7 aliphatic rings. The van der Waals surface area contributed by atoms with Crippen LogP contribution in [-0.2, 0) is 28.5 Å². The summed E-state index contributed by atoms with van der Waals surface area (Å²) < 4.78 is 30.3. The number of carbonyl (C=O) groups is 1. The van der Waals surface area contributed by atoms with Crippen LogP contribution >= 0.6 is 0 Å². The Morgan fingerprint density at radius 2 is 1.68 bits per heavy atom. The largest absolute Gasteiger partial charge is 0.465 e. The lowest BCUT2D eigenvalue weighted by Gasteiger charge is -2.70. The summed E-state index contributed by atoms with van der Waals surface area (Å²) in [5, 5.41) is 67.6. The molecule has 0 aromatic carbocycles. The standard InChI is InChI=1S/C32H50O12/c1-16-24(35)25(36)26(37)27(42-16)43-18-11-22-31(15-41-28(2,3)44-22)20-4-7-29(14-33)19(17-10-23(34)40-13-17)6-9-32(29,39)21(20)5-8-30(31,38)12-18/h16-22,24-27,33,35-39H,4-15H2,1-3H3/t16-,17+,18+,19+,20+,21-,22-,24-,25+,26+,27-,29+,30+,31+,32+/m1/s1/i28+1. The molecule has 1 spiro atoms. The summed E-state index contributed by atoms with van der Waals surface area (Å²) >= 11 is 0. The first kappa shape index (κ1) is 31.7. The van der Waals surface area contributed by atoms with Gasteiger partial charge < -0.3 is 54.3 Å². The maximum absolute atomic E-state index is 12.7. The van der Waals surface area contributed by atoms with Gasteiger partial charge in [0.05, 0.1) is 61.2 Å². The average molecular weight is 628 g/mol. The van der Waals surface area contributed by atoms with Gasteiger partial charge in [0.25, 0.3) is 0 Å². The molecular formula is C32H50O12. The van der Waals surface area contributed by atoms with Gasteiger partial charge in [-0.3, -0.25) is 4.79 Å². The molecule has 3 aliphatic heterocycles. The van der Waals surface area contributed by atoms with Crippen molar-refractivity contribution in [3.05, 3.63) is 0 Å². The predicted molar refractivity (Wildman–Crippen MR) is 150 cm³/mol. The van der Waals surface area contributed by atoms with Crippen molar-refractivity contribution in [2.75, 3.05) is 19.8 Å². The van der Waals surface area contributed by atoms with Crippen molar-refractivity contribution in [2.24, 2.45) is 34.5 Å². The van der Waals surface area contributed by atoms with Gasteiger partial charge >= 0.3 is 5.97 Å². The van der Waals surface area contributed by atoms with E-state index in [0.29, 0.717) is 58.0 Å². The number of carbonyl (C=O) groups excluding carboxylic acids is 1. The SMILES string of the molecule is C[C@H]1O[C@H](O[C@H]2C[C@H]3O[13C](C)(C)OC[C@]34[C@H]3CC[C@]5(CO)[C@H]([C@@H]6COC(=O)C6)CC[C@]5(O)[C@@H]3CC[C@]4(O)C2)[C@@H](O)[C@@H](O)[C@@H]1O. The normalized spacial score (nSPS) is 56.7. The first-order chi connectivity index (χ1) is 20.7. The zero-order valence-corrected chi connectivity index (χ0v) is 26.0. The molecule has 15 atom stereocenters. The summed E-state index contributed by atoms with van der Waals surface area (Å²) in [4.78, 5) is 12.0. The second-order valence-electron chi connectivity index (χ2n) is 15.6. The van der Waals surface area contributed by atoms with Crippen molar-refractivity contribution >= 4 is 5.97 Å². The molecule has 4 saturated carbocycles. The van der Waals surface area contributed by atoms with Crippen molar-refractivity contribution < 1.29 is 59.1 Å². The lowest BCUT2D eigenvalue weighted by molar-refractivity contribution is -0.402. The van der Waals surface area contributed by atoms with Crippen LogP contribution in [0.25, 0.3) is 0 Å². The van der Waals surface area contributed by atoms with E-state index in [2.05, 4.69) is 0 Å². The highest BCUT2D eigenvalue weighted by Crippen LogP contribution is 2.72. The molecule has 4 aliphatic carbocycles. The zero-order valence-electron chi connectivity index (χ0n) is 26.0. The van der Waals surface area contributed by atoms with Crippen LogP contribution in [0.1, 0.15) is 78.6 Å². The minimum atomic E-state index is -1.46. The van der Waals surface area contributed by atoms with Crippen molar-refractivity contribution in [1.29, 1.82) is 0 Å². The molecule has 12 nitrogen and oxygen atoms in total. The van der Waals surface area contributed by atoms with Crippen LogP contribution in [0.15, 0.2) is 0 Å². The Kier molecular flexibility index (Phi) is 7.58. The Labute approximate surface area is 258 Å². The van der Waals surface area contributed by atoms with Gasteiger partial charge in [-0.05, 0) is 77.0 Å². The molecule has 0 bridgehead atoms. The van der Waals surface area contributed by atoms with Gasteiger partial charge in [0.1, 0.15) is 18.3 Å². The number of hydrogen-bond acceptors (Lipinski definition) is 12. The number of ether oxygens (including phenoxy) is 5. The third-order valence-corrected chi connectivity index (χ3v) is 13.4. The molecule has 0 unspecified atom stereocenters. The summed E-state index contributed by atoms with van der Waals surface area (Å²) in [6.45, 7) is 5.70. The van der Waals surface area contributed by atoms with Gasteiger partial charge in [0.2, 0.25) is 0 Å². The van der Waals surface area contributed by atoms with E-state index in [9.17, 15) is 35.4 Å². The molecule has 7 rings (SSSR count). The van der Waals surface area contributed by atoms with Crippen molar-refractivity contribution in [1.82, 2.24) is 0 Å². The van der Waals surface area contributed by atoms with Gasteiger partial charge in [-0.1, -0.05) is 0 Å². The summed E-state index contributed by atoms with van der Waals surface area (Å²) in [7, 11) is 0. The predicted octanol–water partition coefficient (Wildman–Crippen LogP) is 0.365. The molecule has 44 heavy (non-hydrogen) atoms. The molecule has 250 valence electrons. The number of esters is 1. The van der Waals surface area contributed by atoms with Crippen LogP contribution in [0.3, 0.4) is 0 Å². The minimum Gasteiger partial charge on any atom is -0.465 e. The highest BCUT2D eigenvalue weighted by atomic mass is 16.8. The van der Waals surface area contributed by atoms with Gasteiger partial charge in [-0.2, -0.15) is 0 Å². The highest BCUT2D eigenvalue weighted by molar-refractivity contribution is 5.71. The van der Waals surface area contributed by atoms with Crippen LogP contribution in [0.5, 0.6) is 0 Å². The molecule has 3 heterocycles. The molecule has 12 heteroatoms. The van der Waals surface area contributed by atoms with Crippen LogP contribution in [0.2, 0.25) is 0 Å². The van der Waals surface area contributed by atoms with E-state index >= 15 is 0 Å². The van der Waals surface area contributed by atoms with Crippen LogP contribution in [0.4, 0.5) is 0 Å². The summed E-state index contributed by atoms with van der Waals surface area (Å²) in [6, 6.07) is 0. The quantitative estimate of drug-likeness (QED) is 0.143. The number of rotatable bonds is 4. The first-order valence-electron chi connectivity index (χ1n) is 16.6. The smallest absolute Gasteiger partial charge is 0.306 e. The van der Waals surface area contributed by atoms with Crippen LogP contribution in [0, 0.1) is 34.5 Å². The molecule has 3 saturated heterocycles. The maximum Gasteiger partial charge on any atom is 0.306 e. The van der Waals surface area contributed by atoms with Crippen LogP contribution < -0.4 is 0 Å². The Hall–Kier alpha value is -0.930. The van der Waals surface area contributed by atoms with Crippen molar-refractivity contribution in [3.8, 4) is 0 Å². The average Bonchev–Trinajstić information content (AvgIpc) is 3.53. The fourth-order valence-electron chi connectivity index (χ4n) is 11.3. The molecule has 6 N–H and O–H groups in total. The highest BCUT2D eigenvalue weighted by Gasteiger charge is 2.76. The third kappa shape index (κ3) is 4.28. The van der Waals surface area contributed by atoms with Crippen LogP contribution in [-0.4, -0.2) is 116 Å². The maximum atomic E-state index is 12.7. The Morgan fingerprint density at radius 3 is 2.39 bits per heavy atom. The van der Waals surface area contributed by atoms with Crippen molar-refractivity contribution in [2.45, 2.75) is 138 Å². The van der Waals surface area contributed by atoms with Crippen molar-refractivity contribution in [3.63, 3.8) is 0 Å². The van der Waals surface area contributed by atoms with E-state index in [1.165, 1.54) is 0 Å². The molecule has 0 aromatic rings. The fourth-order valence-corrected chi connectivity index (χ4v) is 11.3. The number of aliphatic hydroxyl groups is 6. The fraction of sp³-hybridized carbons (Fsp3) is 0.969. The van der Waals surface area contributed by atoms with Gasteiger partial charge in [0, 0.05) is 24.2 Å². The topological polar surface area (TPSA) is 185 Å². The summed E-state index contributed by atoms with van der Waals surface area (Å²) in [5.74, 6) is -1.56. The van der Waals surface area contributed by atoms with E-state index < -0.39 is 70.7 Å². The number of fused-ring (bicyclic) bond motifs is 3.